The number of fused-ring (bicyclic) bond motifs is 6. The van der Waals surface area contributed by atoms with Crippen molar-refractivity contribution in [2.45, 2.75) is 41.0 Å². The van der Waals surface area contributed by atoms with E-state index in [0.717, 1.165) is 6.42 Å². The minimum absolute atomic E-state index is 0.597. The molecule has 0 radical (unpaired) electrons. The summed E-state index contributed by atoms with van der Waals surface area (Å²) in [6.07, 6.45) is 17.1. The summed E-state index contributed by atoms with van der Waals surface area (Å²) in [6.45, 7) is 11.0. The molecule has 0 saturated heterocycles. The van der Waals surface area contributed by atoms with Crippen molar-refractivity contribution in [2.75, 3.05) is 0 Å². The summed E-state index contributed by atoms with van der Waals surface area (Å²) < 4.78 is 4.83. The maximum Gasteiger partial charge on any atom is 0.0538 e. The van der Waals surface area contributed by atoms with E-state index in [9.17, 15) is 0 Å². The zero-order valence-electron chi connectivity index (χ0n) is 30.2. The largest absolute Gasteiger partial charge is 0.313 e. The van der Waals surface area contributed by atoms with Crippen LogP contribution >= 0.6 is 0 Å². The highest BCUT2D eigenvalue weighted by Gasteiger charge is 2.16. The number of allylic oxidation sites excluding steroid dienone is 12. The molecular weight excluding hydrogens is 617 g/mol. The van der Waals surface area contributed by atoms with Gasteiger partial charge in [-0.05, 0) is 122 Å². The third kappa shape index (κ3) is 5.81. The fourth-order valence-electron chi connectivity index (χ4n) is 7.88. The molecule has 1 atom stereocenters. The molecule has 0 spiro atoms. The van der Waals surface area contributed by atoms with Crippen LogP contribution in [0.5, 0.6) is 0 Å². The summed E-state index contributed by atoms with van der Waals surface area (Å²) in [6, 6.07) is 42.2. The molecule has 0 aliphatic heterocycles. The molecule has 0 fully saturated rings. The summed E-state index contributed by atoms with van der Waals surface area (Å²) in [4.78, 5) is 0. The molecule has 1 aliphatic rings. The zero-order chi connectivity index (χ0) is 35.1. The van der Waals surface area contributed by atoms with Gasteiger partial charge in [0, 0.05) is 32.9 Å². The van der Waals surface area contributed by atoms with Crippen LogP contribution in [0.4, 0.5) is 0 Å². The highest BCUT2D eigenvalue weighted by Crippen LogP contribution is 2.38. The lowest BCUT2D eigenvalue weighted by Crippen LogP contribution is -1.98. The molecule has 0 saturated carbocycles. The minimum atomic E-state index is 0.597. The van der Waals surface area contributed by atoms with Gasteiger partial charge < -0.3 is 9.13 Å². The average Bonchev–Trinajstić information content (AvgIpc) is 3.69. The van der Waals surface area contributed by atoms with E-state index in [1.54, 1.807) is 0 Å². The molecule has 250 valence electrons. The van der Waals surface area contributed by atoms with Gasteiger partial charge in [0.1, 0.15) is 0 Å². The van der Waals surface area contributed by atoms with Crippen LogP contribution in [0.1, 0.15) is 46.6 Å². The molecule has 2 nitrogen and oxygen atoms in total. The SMILES string of the molecule is C/C=C(\C=C(/C)n1c2ccccc2c2cc(-c3ccc4c(c3)c3ccccc3n4/C(C)=C/C(=C\C)c3ccccc3)ccc21)C1=CCC(C)C=C1. The second-order valence-corrected chi connectivity index (χ2v) is 13.8. The second-order valence-electron chi connectivity index (χ2n) is 13.8. The number of aromatic nitrogens is 2. The van der Waals surface area contributed by atoms with Crippen LogP contribution < -0.4 is 0 Å². The number of para-hydroxylation sites is 2. The topological polar surface area (TPSA) is 9.86 Å². The van der Waals surface area contributed by atoms with Crippen LogP contribution in [0.15, 0.2) is 169 Å². The van der Waals surface area contributed by atoms with Crippen molar-refractivity contribution in [3.63, 3.8) is 0 Å². The van der Waals surface area contributed by atoms with Gasteiger partial charge in [0.25, 0.3) is 0 Å². The van der Waals surface area contributed by atoms with Gasteiger partial charge in [0.05, 0.1) is 22.1 Å². The van der Waals surface area contributed by atoms with Crippen LogP contribution in [0, 0.1) is 5.92 Å². The lowest BCUT2D eigenvalue weighted by Gasteiger charge is -2.14. The van der Waals surface area contributed by atoms with Gasteiger partial charge in [-0.2, -0.15) is 0 Å². The maximum atomic E-state index is 2.42. The van der Waals surface area contributed by atoms with Crippen molar-refractivity contribution in [3.05, 3.63) is 175 Å². The van der Waals surface area contributed by atoms with Gasteiger partial charge in [0.2, 0.25) is 0 Å². The molecule has 0 bridgehead atoms. The average molecular weight is 661 g/mol. The summed E-state index contributed by atoms with van der Waals surface area (Å²) in [5.74, 6) is 0.597. The highest BCUT2D eigenvalue weighted by atomic mass is 15.0. The van der Waals surface area contributed by atoms with E-state index in [-0.39, 0.29) is 0 Å². The van der Waals surface area contributed by atoms with Crippen molar-refractivity contribution < 1.29 is 0 Å². The highest BCUT2D eigenvalue weighted by molar-refractivity contribution is 6.13. The molecule has 2 aromatic heterocycles. The Labute approximate surface area is 301 Å². The Balaban J connectivity index is 1.23. The first-order valence-electron chi connectivity index (χ1n) is 18.2. The number of hydrogen-bond donors (Lipinski definition) is 0. The lowest BCUT2D eigenvalue weighted by molar-refractivity contribution is 0.732. The molecule has 1 unspecified atom stereocenters. The third-order valence-electron chi connectivity index (χ3n) is 10.5. The Kier molecular flexibility index (Phi) is 8.53. The molecule has 7 aromatic rings. The maximum absolute atomic E-state index is 2.42. The summed E-state index contributed by atoms with van der Waals surface area (Å²) in [5, 5.41) is 5.06. The summed E-state index contributed by atoms with van der Waals surface area (Å²) in [5.41, 5.74) is 14.7. The Hall–Kier alpha value is -5.86. The van der Waals surface area contributed by atoms with Gasteiger partial charge in [-0.25, -0.2) is 0 Å². The van der Waals surface area contributed by atoms with E-state index in [0.29, 0.717) is 5.92 Å². The molecule has 5 aromatic carbocycles. The monoisotopic (exact) mass is 660 g/mol. The van der Waals surface area contributed by atoms with Gasteiger partial charge in [-0.3, -0.25) is 0 Å². The van der Waals surface area contributed by atoms with Crippen LogP contribution in [0.25, 0.3) is 71.7 Å². The number of benzene rings is 5. The first kappa shape index (κ1) is 32.4. The lowest BCUT2D eigenvalue weighted by atomic mass is 9.93. The number of nitrogens with zero attached hydrogens (tertiary/aromatic N) is 2. The van der Waals surface area contributed by atoms with Gasteiger partial charge in [-0.15, -0.1) is 0 Å². The van der Waals surface area contributed by atoms with Crippen molar-refractivity contribution in [1.29, 1.82) is 0 Å². The number of rotatable bonds is 7. The van der Waals surface area contributed by atoms with E-state index in [1.807, 2.05) is 0 Å². The Morgan fingerprint density at radius 2 is 1.06 bits per heavy atom. The third-order valence-corrected chi connectivity index (χ3v) is 10.5. The van der Waals surface area contributed by atoms with E-state index < -0.39 is 0 Å². The molecule has 8 rings (SSSR count). The van der Waals surface area contributed by atoms with Crippen molar-refractivity contribution in [1.82, 2.24) is 9.13 Å². The fraction of sp³-hybridized carbons (Fsp3) is 0.143. The Morgan fingerprint density at radius 1 is 0.569 bits per heavy atom. The summed E-state index contributed by atoms with van der Waals surface area (Å²) in [7, 11) is 0. The zero-order valence-corrected chi connectivity index (χ0v) is 30.2. The van der Waals surface area contributed by atoms with E-state index in [2.05, 4.69) is 202 Å². The van der Waals surface area contributed by atoms with Gasteiger partial charge >= 0.3 is 0 Å². The van der Waals surface area contributed by atoms with Crippen molar-refractivity contribution in [3.8, 4) is 11.1 Å². The molecule has 0 amide bonds. The van der Waals surface area contributed by atoms with Crippen molar-refractivity contribution in [2.24, 2.45) is 5.92 Å². The van der Waals surface area contributed by atoms with E-state index >= 15 is 0 Å². The van der Waals surface area contributed by atoms with Gasteiger partial charge in [0.15, 0.2) is 0 Å². The predicted molar refractivity (Wildman–Crippen MR) is 223 cm³/mol. The molecule has 1 aliphatic carbocycles. The standard InChI is InChI=1S/C49H44N2/c1-6-36(38-15-9-8-10-16-38)29-34(4)50-46-19-13-11-17-42(46)44-31-40(25-27-48(44)50)41-26-28-49-45(32-41)43-18-12-14-20-47(43)51(49)35(5)30-37(7-2)39-23-21-33(3)22-24-39/h6-21,23-33H,22H2,1-5H3/b34-29+,35-30+,36-6+,37-7+. The fourth-order valence-corrected chi connectivity index (χ4v) is 7.88. The Bertz CT molecular complexity index is 2640. The quantitative estimate of drug-likeness (QED) is 0.151. The Morgan fingerprint density at radius 3 is 1.57 bits per heavy atom. The van der Waals surface area contributed by atoms with Crippen molar-refractivity contribution >= 4 is 60.6 Å². The first-order chi connectivity index (χ1) is 24.9. The van der Waals surface area contributed by atoms with Crippen LogP contribution in [0.2, 0.25) is 0 Å². The number of hydrogen-bond acceptors (Lipinski definition) is 0. The van der Waals surface area contributed by atoms with Crippen LogP contribution in [-0.4, -0.2) is 9.13 Å². The smallest absolute Gasteiger partial charge is 0.0538 e. The summed E-state index contributed by atoms with van der Waals surface area (Å²) >= 11 is 0. The molecule has 51 heavy (non-hydrogen) atoms. The molecule has 2 heterocycles. The molecule has 2 heteroatoms. The molecular formula is C49H44N2. The van der Waals surface area contributed by atoms with E-state index in [1.165, 1.54) is 88.4 Å². The normalized spacial score (nSPS) is 16.2. The minimum Gasteiger partial charge on any atom is -0.313 e. The molecule has 0 N–H and O–H groups in total. The first-order valence-corrected chi connectivity index (χ1v) is 18.2. The van der Waals surface area contributed by atoms with Crippen LogP contribution in [-0.2, 0) is 0 Å². The predicted octanol–water partition coefficient (Wildman–Crippen LogP) is 13.9. The second kappa shape index (κ2) is 13.5. The van der Waals surface area contributed by atoms with Gasteiger partial charge in [-0.1, -0.05) is 116 Å². The van der Waals surface area contributed by atoms with E-state index in [4.69, 9.17) is 0 Å². The van der Waals surface area contributed by atoms with Crippen LogP contribution in [0.3, 0.4) is 0 Å².